The Bertz CT molecular complexity index is 1100. The molecule has 0 unspecified atom stereocenters. The molecule has 3 aromatic carbocycles. The van der Waals surface area contributed by atoms with E-state index in [9.17, 15) is 4.39 Å². The predicted molar refractivity (Wildman–Crippen MR) is 118 cm³/mol. The summed E-state index contributed by atoms with van der Waals surface area (Å²) >= 11 is 1.47. The van der Waals surface area contributed by atoms with Crippen molar-refractivity contribution in [1.29, 1.82) is 0 Å². The molecule has 152 valence electrons. The summed E-state index contributed by atoms with van der Waals surface area (Å²) in [6.45, 7) is 2.58. The van der Waals surface area contributed by atoms with Crippen LogP contribution in [0.5, 0.6) is 5.75 Å². The number of nitrogens with zero attached hydrogens (tertiary/aromatic N) is 3. The maximum absolute atomic E-state index is 14.1. The first kappa shape index (κ1) is 20.2. The van der Waals surface area contributed by atoms with Crippen molar-refractivity contribution in [1.82, 2.24) is 14.8 Å². The van der Waals surface area contributed by atoms with Crippen molar-refractivity contribution in [3.63, 3.8) is 0 Å². The molecule has 0 spiro atoms. The van der Waals surface area contributed by atoms with E-state index >= 15 is 0 Å². The Morgan fingerprint density at radius 3 is 2.37 bits per heavy atom. The van der Waals surface area contributed by atoms with Crippen LogP contribution in [0.2, 0.25) is 0 Å². The predicted octanol–water partition coefficient (Wildman–Crippen LogP) is 5.69. The highest BCUT2D eigenvalue weighted by atomic mass is 32.2. The molecule has 4 rings (SSSR count). The van der Waals surface area contributed by atoms with Crippen molar-refractivity contribution in [3.8, 4) is 11.4 Å². The fourth-order valence-corrected chi connectivity index (χ4v) is 4.12. The zero-order chi connectivity index (χ0) is 20.8. The maximum Gasteiger partial charge on any atom is 0.196 e. The lowest BCUT2D eigenvalue weighted by molar-refractivity contribution is 0.340. The van der Waals surface area contributed by atoms with Crippen LogP contribution in [0.1, 0.15) is 23.9 Å². The van der Waals surface area contributed by atoms with Gasteiger partial charge in [0.25, 0.3) is 0 Å². The second-order valence-electron chi connectivity index (χ2n) is 6.70. The summed E-state index contributed by atoms with van der Waals surface area (Å²) in [5.74, 6) is 1.93. The molecule has 0 aliphatic rings. The van der Waals surface area contributed by atoms with Gasteiger partial charge in [-0.2, -0.15) is 0 Å². The number of halogens is 1. The highest BCUT2D eigenvalue weighted by molar-refractivity contribution is 7.98. The molecule has 6 heteroatoms. The van der Waals surface area contributed by atoms with E-state index in [0.717, 1.165) is 28.0 Å². The Morgan fingerprint density at radius 2 is 1.63 bits per heavy atom. The van der Waals surface area contributed by atoms with Gasteiger partial charge in [-0.3, -0.25) is 4.57 Å². The number of thioether (sulfide) groups is 1. The third kappa shape index (κ3) is 4.71. The summed E-state index contributed by atoms with van der Waals surface area (Å²) < 4.78 is 21.7. The van der Waals surface area contributed by atoms with Gasteiger partial charge < -0.3 is 4.74 Å². The monoisotopic (exact) mass is 419 g/mol. The average molecular weight is 420 g/mol. The van der Waals surface area contributed by atoms with Crippen LogP contribution < -0.4 is 4.74 Å². The van der Waals surface area contributed by atoms with Gasteiger partial charge in [-0.05, 0) is 48.4 Å². The summed E-state index contributed by atoms with van der Waals surface area (Å²) in [5.41, 5.74) is 2.75. The summed E-state index contributed by atoms with van der Waals surface area (Å²) in [4.78, 5) is 0. The topological polar surface area (TPSA) is 39.9 Å². The number of aromatic nitrogens is 3. The molecule has 1 aromatic heterocycles. The van der Waals surface area contributed by atoms with Crippen LogP contribution in [0.3, 0.4) is 0 Å². The van der Waals surface area contributed by atoms with Crippen LogP contribution in [-0.2, 0) is 12.2 Å². The molecule has 4 aromatic rings. The van der Waals surface area contributed by atoms with Crippen LogP contribution in [0.4, 0.5) is 4.39 Å². The molecule has 0 fully saturated rings. The number of rotatable bonds is 8. The molecule has 0 aliphatic carbocycles. The lowest BCUT2D eigenvalue weighted by Gasteiger charge is -2.12. The van der Waals surface area contributed by atoms with E-state index < -0.39 is 0 Å². The lowest BCUT2D eigenvalue weighted by atomic mass is 10.1. The van der Waals surface area contributed by atoms with E-state index in [4.69, 9.17) is 4.74 Å². The minimum atomic E-state index is -0.207. The SMILES string of the molecule is CCOc1ccc(-n2c(Cc3ccccc3)nnc2SCc2ccccc2F)cc1. The number of benzene rings is 3. The Balaban J connectivity index is 1.66. The fraction of sp³-hybridized carbons (Fsp3) is 0.167. The Labute approximate surface area is 179 Å². The van der Waals surface area contributed by atoms with Crippen molar-refractivity contribution in [2.24, 2.45) is 0 Å². The molecular formula is C24H22FN3OS. The Hall–Kier alpha value is -3.12. The second-order valence-corrected chi connectivity index (χ2v) is 7.65. The number of ether oxygens (including phenoxy) is 1. The molecule has 0 atom stereocenters. The van der Waals surface area contributed by atoms with Crippen molar-refractivity contribution < 1.29 is 9.13 Å². The molecule has 0 saturated carbocycles. The van der Waals surface area contributed by atoms with Crippen molar-refractivity contribution in [2.75, 3.05) is 6.61 Å². The molecule has 0 amide bonds. The van der Waals surface area contributed by atoms with Crippen LogP contribution in [0, 0.1) is 5.82 Å². The molecule has 0 saturated heterocycles. The Kier molecular flexibility index (Phi) is 6.44. The zero-order valence-corrected chi connectivity index (χ0v) is 17.5. The van der Waals surface area contributed by atoms with E-state index in [2.05, 4.69) is 22.3 Å². The molecule has 0 aliphatic heterocycles. The quantitative estimate of drug-likeness (QED) is 0.344. The van der Waals surface area contributed by atoms with Gasteiger partial charge in [0.1, 0.15) is 17.4 Å². The third-order valence-electron chi connectivity index (χ3n) is 4.63. The van der Waals surface area contributed by atoms with E-state index in [0.29, 0.717) is 24.3 Å². The van der Waals surface area contributed by atoms with Gasteiger partial charge in [-0.15, -0.1) is 10.2 Å². The van der Waals surface area contributed by atoms with E-state index in [1.807, 2.05) is 60.0 Å². The van der Waals surface area contributed by atoms with Gasteiger partial charge in [0.15, 0.2) is 5.16 Å². The van der Waals surface area contributed by atoms with Gasteiger partial charge in [-0.25, -0.2) is 4.39 Å². The van der Waals surface area contributed by atoms with E-state index in [1.54, 1.807) is 12.1 Å². The minimum absolute atomic E-state index is 0.207. The first-order valence-corrected chi connectivity index (χ1v) is 10.8. The van der Waals surface area contributed by atoms with Crippen LogP contribution >= 0.6 is 11.8 Å². The molecule has 0 radical (unpaired) electrons. The largest absolute Gasteiger partial charge is 0.494 e. The number of hydrogen-bond acceptors (Lipinski definition) is 4. The molecule has 0 N–H and O–H groups in total. The second kappa shape index (κ2) is 9.59. The minimum Gasteiger partial charge on any atom is -0.494 e. The average Bonchev–Trinajstić information content (AvgIpc) is 3.17. The summed E-state index contributed by atoms with van der Waals surface area (Å²) in [6, 6.07) is 24.9. The maximum atomic E-state index is 14.1. The lowest BCUT2D eigenvalue weighted by Crippen LogP contribution is -2.04. The van der Waals surface area contributed by atoms with Gasteiger partial charge in [0.2, 0.25) is 0 Å². The third-order valence-corrected chi connectivity index (χ3v) is 5.60. The fourth-order valence-electron chi connectivity index (χ4n) is 3.16. The smallest absolute Gasteiger partial charge is 0.196 e. The summed E-state index contributed by atoms with van der Waals surface area (Å²) in [7, 11) is 0. The van der Waals surface area contributed by atoms with Gasteiger partial charge >= 0.3 is 0 Å². The number of hydrogen-bond donors (Lipinski definition) is 0. The molecule has 1 heterocycles. The highest BCUT2D eigenvalue weighted by Crippen LogP contribution is 2.28. The van der Waals surface area contributed by atoms with Crippen molar-refractivity contribution in [2.45, 2.75) is 24.3 Å². The van der Waals surface area contributed by atoms with Crippen molar-refractivity contribution >= 4 is 11.8 Å². The van der Waals surface area contributed by atoms with Gasteiger partial charge in [0.05, 0.1) is 6.61 Å². The first-order valence-electron chi connectivity index (χ1n) is 9.82. The van der Waals surface area contributed by atoms with Gasteiger partial charge in [-0.1, -0.05) is 60.3 Å². The molecule has 0 bridgehead atoms. The zero-order valence-electron chi connectivity index (χ0n) is 16.7. The molecule has 30 heavy (non-hydrogen) atoms. The standard InChI is InChI=1S/C24H22FN3OS/c1-2-29-21-14-12-20(13-15-21)28-23(16-18-8-4-3-5-9-18)26-27-24(28)30-17-19-10-6-7-11-22(19)25/h3-15H,2,16-17H2,1H3. The highest BCUT2D eigenvalue weighted by Gasteiger charge is 2.16. The summed E-state index contributed by atoms with van der Waals surface area (Å²) in [5, 5.41) is 9.59. The normalized spacial score (nSPS) is 10.9. The van der Waals surface area contributed by atoms with Crippen LogP contribution in [0.25, 0.3) is 5.69 Å². The van der Waals surface area contributed by atoms with E-state index in [1.165, 1.54) is 17.8 Å². The summed E-state index contributed by atoms with van der Waals surface area (Å²) in [6.07, 6.45) is 0.654. The molecule has 4 nitrogen and oxygen atoms in total. The van der Waals surface area contributed by atoms with Crippen LogP contribution in [0.15, 0.2) is 84.0 Å². The van der Waals surface area contributed by atoms with Crippen molar-refractivity contribution in [3.05, 3.63) is 102 Å². The Morgan fingerprint density at radius 1 is 0.900 bits per heavy atom. The van der Waals surface area contributed by atoms with Crippen LogP contribution in [-0.4, -0.2) is 21.4 Å². The van der Waals surface area contributed by atoms with Gasteiger partial charge in [0, 0.05) is 17.9 Å². The first-order chi connectivity index (χ1) is 14.7. The van der Waals surface area contributed by atoms with E-state index in [-0.39, 0.29) is 5.82 Å². The molecular weight excluding hydrogens is 397 g/mol.